The van der Waals surface area contributed by atoms with E-state index in [-0.39, 0.29) is 11.2 Å². The number of hydrogen-bond acceptors (Lipinski definition) is 4. The van der Waals surface area contributed by atoms with E-state index in [0.29, 0.717) is 0 Å². The molecule has 0 N–H and O–H groups in total. The number of anilines is 1. The number of hydrogen-bond donors (Lipinski definition) is 0. The van der Waals surface area contributed by atoms with Gasteiger partial charge in [-0.05, 0) is 40.2 Å². The van der Waals surface area contributed by atoms with Crippen molar-refractivity contribution < 1.29 is 4.74 Å². The number of rotatable bonds is 1. The molecule has 0 atom stereocenters. The van der Waals surface area contributed by atoms with Gasteiger partial charge in [0, 0.05) is 25.5 Å². The third-order valence-corrected chi connectivity index (χ3v) is 2.75. The van der Waals surface area contributed by atoms with Crippen LogP contribution in [-0.2, 0) is 4.74 Å². The molecule has 1 aromatic heterocycles. The molecule has 2 heterocycles. The molecule has 0 aromatic carbocycles. The van der Waals surface area contributed by atoms with Gasteiger partial charge in [-0.2, -0.15) is 0 Å². The van der Waals surface area contributed by atoms with Crippen LogP contribution in [0.15, 0.2) is 12.4 Å². The number of nitrogens with zero attached hydrogens (tertiary/aromatic N) is 3. The molecule has 0 unspecified atom stereocenters. The summed E-state index contributed by atoms with van der Waals surface area (Å²) in [6.45, 7) is 12.1. The Hall–Kier alpha value is -1.16. The van der Waals surface area contributed by atoms with E-state index in [1.807, 2.05) is 19.3 Å². The molecule has 1 aliphatic heterocycles. The summed E-state index contributed by atoms with van der Waals surface area (Å²) >= 11 is 0. The van der Waals surface area contributed by atoms with Gasteiger partial charge in [0.1, 0.15) is 0 Å². The Morgan fingerprint density at radius 2 is 1.53 bits per heavy atom. The first-order valence-corrected chi connectivity index (χ1v) is 6.01. The SMILES string of the molecule is Cc1cnc(N2CC(C)(C)OC(C)(C)C2)nc1. The van der Waals surface area contributed by atoms with Crippen LogP contribution in [0, 0.1) is 6.92 Å². The summed E-state index contributed by atoms with van der Waals surface area (Å²) in [6.07, 6.45) is 3.72. The molecule has 0 saturated carbocycles. The van der Waals surface area contributed by atoms with Gasteiger partial charge in [0.05, 0.1) is 11.2 Å². The molecule has 1 fully saturated rings. The third-order valence-electron chi connectivity index (χ3n) is 2.75. The Labute approximate surface area is 103 Å². The average molecular weight is 235 g/mol. The fraction of sp³-hybridized carbons (Fsp3) is 0.692. The first-order chi connectivity index (χ1) is 7.77. The fourth-order valence-electron chi connectivity index (χ4n) is 2.48. The summed E-state index contributed by atoms with van der Waals surface area (Å²) in [5.74, 6) is 0.792. The first-order valence-electron chi connectivity index (χ1n) is 6.01. The molecule has 0 radical (unpaired) electrons. The Balaban J connectivity index is 2.24. The maximum atomic E-state index is 6.04. The molecule has 1 aliphatic rings. The lowest BCUT2D eigenvalue weighted by atomic mass is 9.99. The highest BCUT2D eigenvalue weighted by Crippen LogP contribution is 2.29. The molecule has 17 heavy (non-hydrogen) atoms. The summed E-state index contributed by atoms with van der Waals surface area (Å²) < 4.78 is 6.04. The maximum absolute atomic E-state index is 6.04. The van der Waals surface area contributed by atoms with Gasteiger partial charge in [-0.15, -0.1) is 0 Å². The van der Waals surface area contributed by atoms with Crippen LogP contribution in [-0.4, -0.2) is 34.3 Å². The lowest BCUT2D eigenvalue weighted by molar-refractivity contribution is -0.133. The largest absolute Gasteiger partial charge is 0.366 e. The minimum Gasteiger partial charge on any atom is -0.366 e. The van der Waals surface area contributed by atoms with Crippen molar-refractivity contribution in [2.45, 2.75) is 45.8 Å². The van der Waals surface area contributed by atoms with Crippen molar-refractivity contribution in [2.24, 2.45) is 0 Å². The van der Waals surface area contributed by atoms with Crippen molar-refractivity contribution in [1.29, 1.82) is 0 Å². The van der Waals surface area contributed by atoms with Gasteiger partial charge < -0.3 is 9.64 Å². The summed E-state index contributed by atoms with van der Waals surface area (Å²) in [5.41, 5.74) is 0.743. The van der Waals surface area contributed by atoms with E-state index in [9.17, 15) is 0 Å². The van der Waals surface area contributed by atoms with Crippen LogP contribution < -0.4 is 4.90 Å². The molecular weight excluding hydrogens is 214 g/mol. The molecule has 1 saturated heterocycles. The van der Waals surface area contributed by atoms with Gasteiger partial charge >= 0.3 is 0 Å². The van der Waals surface area contributed by atoms with Gasteiger partial charge in [0.2, 0.25) is 5.95 Å². The van der Waals surface area contributed by atoms with E-state index < -0.39 is 0 Å². The van der Waals surface area contributed by atoms with Gasteiger partial charge in [-0.25, -0.2) is 9.97 Å². The molecule has 94 valence electrons. The lowest BCUT2D eigenvalue weighted by Crippen LogP contribution is -2.57. The second-order valence-corrected chi connectivity index (χ2v) is 6.04. The van der Waals surface area contributed by atoms with E-state index in [2.05, 4.69) is 42.6 Å². The number of morpholine rings is 1. The first kappa shape index (κ1) is 12.3. The zero-order valence-electron chi connectivity index (χ0n) is 11.3. The highest BCUT2D eigenvalue weighted by atomic mass is 16.5. The Morgan fingerprint density at radius 3 is 2.00 bits per heavy atom. The van der Waals surface area contributed by atoms with E-state index in [1.165, 1.54) is 0 Å². The van der Waals surface area contributed by atoms with Crippen LogP contribution in [0.5, 0.6) is 0 Å². The minimum absolute atomic E-state index is 0.171. The van der Waals surface area contributed by atoms with E-state index in [0.717, 1.165) is 24.6 Å². The zero-order valence-corrected chi connectivity index (χ0v) is 11.3. The highest BCUT2D eigenvalue weighted by Gasteiger charge is 2.38. The van der Waals surface area contributed by atoms with Gasteiger partial charge in [-0.3, -0.25) is 0 Å². The van der Waals surface area contributed by atoms with Crippen LogP contribution in [0.4, 0.5) is 5.95 Å². The van der Waals surface area contributed by atoms with Crippen LogP contribution in [0.25, 0.3) is 0 Å². The second-order valence-electron chi connectivity index (χ2n) is 6.04. The summed E-state index contributed by atoms with van der Waals surface area (Å²) in [6, 6.07) is 0. The van der Waals surface area contributed by atoms with Gasteiger partial charge in [0.15, 0.2) is 0 Å². The topological polar surface area (TPSA) is 38.2 Å². The van der Waals surface area contributed by atoms with Crippen molar-refractivity contribution in [3.8, 4) is 0 Å². The Morgan fingerprint density at radius 1 is 1.06 bits per heavy atom. The van der Waals surface area contributed by atoms with Gasteiger partial charge in [-0.1, -0.05) is 0 Å². The lowest BCUT2D eigenvalue weighted by Gasteiger charge is -2.47. The predicted molar refractivity (Wildman–Crippen MR) is 68.2 cm³/mol. The quantitative estimate of drug-likeness (QED) is 0.748. The van der Waals surface area contributed by atoms with Crippen molar-refractivity contribution in [1.82, 2.24) is 9.97 Å². The molecular formula is C13H21N3O. The Kier molecular flexibility index (Phi) is 2.86. The molecule has 2 rings (SSSR count). The van der Waals surface area contributed by atoms with Crippen molar-refractivity contribution in [3.05, 3.63) is 18.0 Å². The monoisotopic (exact) mass is 235 g/mol. The molecule has 1 aromatic rings. The minimum atomic E-state index is -0.171. The van der Waals surface area contributed by atoms with Crippen LogP contribution in [0.3, 0.4) is 0 Å². The number of aromatic nitrogens is 2. The normalized spacial score (nSPS) is 22.5. The van der Waals surface area contributed by atoms with Crippen molar-refractivity contribution in [3.63, 3.8) is 0 Å². The Bertz CT molecular complexity index is 382. The average Bonchev–Trinajstić information content (AvgIpc) is 2.13. The van der Waals surface area contributed by atoms with Crippen molar-refractivity contribution in [2.75, 3.05) is 18.0 Å². The molecule has 4 heteroatoms. The number of ether oxygens (including phenoxy) is 1. The highest BCUT2D eigenvalue weighted by molar-refractivity contribution is 5.32. The van der Waals surface area contributed by atoms with E-state index in [1.54, 1.807) is 0 Å². The summed E-state index contributed by atoms with van der Waals surface area (Å²) in [4.78, 5) is 11.0. The molecule has 0 aliphatic carbocycles. The number of aryl methyl sites for hydroxylation is 1. The fourth-order valence-corrected chi connectivity index (χ4v) is 2.48. The third kappa shape index (κ3) is 2.94. The predicted octanol–water partition coefficient (Wildman–Crippen LogP) is 2.18. The van der Waals surface area contributed by atoms with E-state index >= 15 is 0 Å². The van der Waals surface area contributed by atoms with Crippen LogP contribution >= 0.6 is 0 Å². The summed E-state index contributed by atoms with van der Waals surface area (Å²) in [5, 5.41) is 0. The smallest absolute Gasteiger partial charge is 0.225 e. The summed E-state index contributed by atoms with van der Waals surface area (Å²) in [7, 11) is 0. The van der Waals surface area contributed by atoms with E-state index in [4.69, 9.17) is 4.74 Å². The van der Waals surface area contributed by atoms with Crippen molar-refractivity contribution >= 4 is 5.95 Å². The molecule has 0 bridgehead atoms. The van der Waals surface area contributed by atoms with Gasteiger partial charge in [0.25, 0.3) is 0 Å². The standard InChI is InChI=1S/C13H21N3O/c1-10-6-14-11(15-7-10)16-8-12(2,3)17-13(4,5)9-16/h6-7H,8-9H2,1-5H3. The molecule has 0 spiro atoms. The molecule has 4 nitrogen and oxygen atoms in total. The van der Waals surface area contributed by atoms with Crippen LogP contribution in [0.1, 0.15) is 33.3 Å². The maximum Gasteiger partial charge on any atom is 0.225 e. The molecule has 0 amide bonds. The second kappa shape index (κ2) is 3.95. The zero-order chi connectivity index (χ0) is 12.7. The van der Waals surface area contributed by atoms with Crippen LogP contribution in [0.2, 0.25) is 0 Å².